The first kappa shape index (κ1) is 15.5. The van der Waals surface area contributed by atoms with Gasteiger partial charge in [-0.05, 0) is 24.0 Å². The van der Waals surface area contributed by atoms with Gasteiger partial charge in [-0.25, -0.2) is 0 Å². The Kier molecular flexibility index (Phi) is 3.37. The van der Waals surface area contributed by atoms with Crippen molar-refractivity contribution in [3.05, 3.63) is 56.6 Å². The molecule has 0 fully saturated rings. The van der Waals surface area contributed by atoms with Crippen molar-refractivity contribution in [2.45, 2.75) is 12.8 Å². The van der Waals surface area contributed by atoms with Gasteiger partial charge in [-0.3, -0.25) is 9.59 Å². The Balaban J connectivity index is 1.93. The van der Waals surface area contributed by atoms with Crippen LogP contribution in [0.4, 0.5) is 0 Å². The average Bonchev–Trinajstić information content (AvgIpc) is 2.59. The highest BCUT2D eigenvalue weighted by atomic mass is 35.5. The molecule has 2 aliphatic rings. The second-order valence-electron chi connectivity index (χ2n) is 6.19. The Bertz CT molecular complexity index is 846. The van der Waals surface area contributed by atoms with Crippen molar-refractivity contribution in [3.8, 4) is 11.5 Å². The van der Waals surface area contributed by atoms with Gasteiger partial charge in [-0.15, -0.1) is 0 Å². The number of ketones is 2. The molecule has 0 radical (unpaired) electrons. The summed E-state index contributed by atoms with van der Waals surface area (Å²) < 4.78 is 0. The van der Waals surface area contributed by atoms with E-state index in [0.717, 1.165) is 11.1 Å². The van der Waals surface area contributed by atoms with Crippen molar-refractivity contribution in [2.75, 3.05) is 0 Å². The molecule has 24 heavy (non-hydrogen) atoms. The summed E-state index contributed by atoms with van der Waals surface area (Å²) in [5.41, 5.74) is 1.61. The second kappa shape index (κ2) is 5.23. The topological polar surface area (TPSA) is 74.6 Å². The van der Waals surface area contributed by atoms with Crippen LogP contribution < -0.4 is 0 Å². The summed E-state index contributed by atoms with van der Waals surface area (Å²) in [6.45, 7) is 0. The number of aromatic hydroxyl groups is 2. The second-order valence-corrected chi connectivity index (χ2v) is 6.95. The molecule has 4 rings (SSSR count). The highest BCUT2D eigenvalue weighted by Gasteiger charge is 2.47. The minimum atomic E-state index is -0.567. The smallest absolute Gasteiger partial charge is 0.171 e. The first-order valence-corrected chi connectivity index (χ1v) is 8.25. The molecule has 0 bridgehead atoms. The molecule has 0 aromatic heterocycles. The molecule has 2 aromatic carbocycles. The van der Waals surface area contributed by atoms with Gasteiger partial charge in [0.2, 0.25) is 0 Å². The molecule has 2 unspecified atom stereocenters. The van der Waals surface area contributed by atoms with Gasteiger partial charge >= 0.3 is 0 Å². The monoisotopic (exact) mass is 362 g/mol. The zero-order valence-electron chi connectivity index (χ0n) is 12.3. The molecule has 0 saturated carbocycles. The SMILES string of the molecule is O=C1c2c(O)c(Cl)c(Cl)c(O)c2C(=O)C2Cc3ccccc3CC12. The van der Waals surface area contributed by atoms with E-state index in [4.69, 9.17) is 23.2 Å². The van der Waals surface area contributed by atoms with Gasteiger partial charge in [0.05, 0.1) is 11.1 Å². The van der Waals surface area contributed by atoms with Gasteiger partial charge in [-0.2, -0.15) is 0 Å². The van der Waals surface area contributed by atoms with Gasteiger partial charge in [-0.1, -0.05) is 47.5 Å². The van der Waals surface area contributed by atoms with Crippen LogP contribution in [0.15, 0.2) is 24.3 Å². The van der Waals surface area contributed by atoms with Crippen LogP contribution in [-0.2, 0) is 12.8 Å². The van der Waals surface area contributed by atoms with Crippen molar-refractivity contribution in [3.63, 3.8) is 0 Å². The summed E-state index contributed by atoms with van der Waals surface area (Å²) in [6.07, 6.45) is 0.844. The number of carbonyl (C=O) groups is 2. The van der Waals surface area contributed by atoms with Gasteiger partial charge in [0.25, 0.3) is 0 Å². The van der Waals surface area contributed by atoms with Gasteiger partial charge < -0.3 is 10.2 Å². The minimum absolute atomic E-state index is 0.215. The number of halogens is 2. The Morgan fingerprint density at radius 1 is 0.792 bits per heavy atom. The Labute approximate surface area is 147 Å². The average molecular weight is 363 g/mol. The van der Waals surface area contributed by atoms with E-state index in [1.807, 2.05) is 24.3 Å². The Morgan fingerprint density at radius 3 is 1.54 bits per heavy atom. The largest absolute Gasteiger partial charge is 0.506 e. The lowest BCUT2D eigenvalue weighted by molar-refractivity contribution is 0.0715. The number of phenolic OH excluding ortho intramolecular Hbond substituents is 2. The third-order valence-electron chi connectivity index (χ3n) is 4.98. The molecule has 0 aliphatic heterocycles. The number of rotatable bonds is 0. The van der Waals surface area contributed by atoms with Crippen molar-refractivity contribution >= 4 is 34.8 Å². The zero-order valence-corrected chi connectivity index (χ0v) is 13.9. The highest BCUT2D eigenvalue weighted by molar-refractivity contribution is 6.45. The zero-order chi connectivity index (χ0) is 17.2. The molecule has 6 heteroatoms. The van der Waals surface area contributed by atoms with E-state index in [2.05, 4.69) is 0 Å². The lowest BCUT2D eigenvalue weighted by atomic mass is 9.65. The molecule has 2 atom stereocenters. The number of Topliss-reactive ketones (excluding diaryl/α,β-unsaturated/α-hetero) is 2. The highest BCUT2D eigenvalue weighted by Crippen LogP contribution is 2.50. The van der Waals surface area contributed by atoms with E-state index >= 15 is 0 Å². The summed E-state index contributed by atoms with van der Waals surface area (Å²) >= 11 is 11.8. The van der Waals surface area contributed by atoms with E-state index in [9.17, 15) is 19.8 Å². The van der Waals surface area contributed by atoms with Crippen LogP contribution in [0.1, 0.15) is 31.8 Å². The van der Waals surface area contributed by atoms with Crippen LogP contribution in [0.25, 0.3) is 0 Å². The van der Waals surface area contributed by atoms with Crippen LogP contribution >= 0.6 is 23.2 Å². The Morgan fingerprint density at radius 2 is 1.17 bits per heavy atom. The summed E-state index contributed by atoms with van der Waals surface area (Å²) in [4.78, 5) is 25.8. The number of benzene rings is 2. The number of carbonyl (C=O) groups excluding carboxylic acids is 2. The van der Waals surface area contributed by atoms with Crippen LogP contribution in [0.2, 0.25) is 10.0 Å². The summed E-state index contributed by atoms with van der Waals surface area (Å²) in [6, 6.07) is 7.65. The van der Waals surface area contributed by atoms with Crippen molar-refractivity contribution < 1.29 is 19.8 Å². The van der Waals surface area contributed by atoms with E-state index in [-0.39, 0.29) is 32.7 Å². The number of fused-ring (bicyclic) bond motifs is 3. The number of hydrogen-bond acceptors (Lipinski definition) is 4. The van der Waals surface area contributed by atoms with E-state index in [1.165, 1.54) is 0 Å². The summed E-state index contributed by atoms with van der Waals surface area (Å²) in [5.74, 6) is -2.97. The molecular formula is C18H12Cl2O4. The number of phenols is 2. The maximum Gasteiger partial charge on any atom is 0.171 e. The Hall–Kier alpha value is -2.04. The molecule has 2 N–H and O–H groups in total. The molecule has 2 aromatic rings. The van der Waals surface area contributed by atoms with Crippen LogP contribution in [-0.4, -0.2) is 21.8 Å². The normalized spacial score (nSPS) is 21.9. The quantitative estimate of drug-likeness (QED) is 0.698. The third-order valence-corrected chi connectivity index (χ3v) is 5.81. The summed E-state index contributed by atoms with van der Waals surface area (Å²) in [5, 5.41) is 19.8. The van der Waals surface area contributed by atoms with Crippen LogP contribution in [0.3, 0.4) is 0 Å². The van der Waals surface area contributed by atoms with Crippen LogP contribution in [0.5, 0.6) is 11.5 Å². The molecular weight excluding hydrogens is 351 g/mol. The standard InChI is InChI=1S/C18H12Cl2O4/c19-13-14(20)18(24)12-11(17(13)23)15(21)9-5-7-3-1-2-4-8(7)6-10(9)16(12)22/h1-4,9-10,23-24H,5-6H2. The fourth-order valence-corrected chi connectivity index (χ4v) is 4.15. The molecule has 0 saturated heterocycles. The fourth-order valence-electron chi connectivity index (χ4n) is 3.78. The molecule has 0 amide bonds. The van der Waals surface area contributed by atoms with Crippen molar-refractivity contribution in [1.82, 2.24) is 0 Å². The predicted molar refractivity (Wildman–Crippen MR) is 89.3 cm³/mol. The molecule has 2 aliphatic carbocycles. The molecule has 4 nitrogen and oxygen atoms in total. The maximum atomic E-state index is 12.9. The van der Waals surface area contributed by atoms with Gasteiger partial charge in [0.15, 0.2) is 11.6 Å². The molecule has 122 valence electrons. The maximum absolute atomic E-state index is 12.9. The van der Waals surface area contributed by atoms with E-state index in [1.54, 1.807) is 0 Å². The predicted octanol–water partition coefficient (Wildman–Crippen LogP) is 3.81. The fraction of sp³-hybridized carbons (Fsp3) is 0.222. The first-order chi connectivity index (χ1) is 11.4. The van der Waals surface area contributed by atoms with E-state index in [0.29, 0.717) is 12.8 Å². The molecule has 0 spiro atoms. The van der Waals surface area contributed by atoms with E-state index < -0.39 is 23.3 Å². The van der Waals surface area contributed by atoms with Crippen molar-refractivity contribution in [2.24, 2.45) is 11.8 Å². The lowest BCUT2D eigenvalue weighted by Crippen LogP contribution is -2.41. The first-order valence-electron chi connectivity index (χ1n) is 7.50. The lowest BCUT2D eigenvalue weighted by Gasteiger charge is -2.36. The minimum Gasteiger partial charge on any atom is -0.506 e. The molecule has 0 heterocycles. The van der Waals surface area contributed by atoms with Gasteiger partial charge in [0, 0.05) is 11.8 Å². The summed E-state index contributed by atoms with van der Waals surface area (Å²) in [7, 11) is 0. The van der Waals surface area contributed by atoms with Crippen molar-refractivity contribution in [1.29, 1.82) is 0 Å². The van der Waals surface area contributed by atoms with Gasteiger partial charge in [0.1, 0.15) is 21.5 Å². The number of hydrogen-bond donors (Lipinski definition) is 2. The van der Waals surface area contributed by atoms with Crippen LogP contribution in [0, 0.1) is 11.8 Å². The third kappa shape index (κ3) is 1.93.